The third-order valence-corrected chi connectivity index (χ3v) is 5.10. The summed E-state index contributed by atoms with van der Waals surface area (Å²) >= 11 is 0. The van der Waals surface area contributed by atoms with Gasteiger partial charge in [-0.2, -0.15) is 0 Å². The minimum absolute atomic E-state index is 0.0982. The first-order chi connectivity index (χ1) is 16.1. The van der Waals surface area contributed by atoms with Crippen LogP contribution in [0.2, 0.25) is 0 Å². The van der Waals surface area contributed by atoms with Gasteiger partial charge in [0.05, 0.1) is 0 Å². The molecule has 2 atom stereocenters. The van der Waals surface area contributed by atoms with Crippen molar-refractivity contribution < 1.29 is 28.3 Å². The van der Waals surface area contributed by atoms with E-state index in [4.69, 9.17) is 9.94 Å². The zero-order valence-electron chi connectivity index (χ0n) is 19.1. The lowest BCUT2D eigenvalue weighted by Gasteiger charge is -2.34. The van der Waals surface area contributed by atoms with E-state index in [2.05, 4.69) is 29.0 Å². The van der Waals surface area contributed by atoms with Gasteiger partial charge >= 0.3 is 0 Å². The Labute approximate surface area is 197 Å². The number of benzene rings is 2. The van der Waals surface area contributed by atoms with E-state index < -0.39 is 29.9 Å². The van der Waals surface area contributed by atoms with Gasteiger partial charge in [-0.1, -0.05) is 11.8 Å². The highest BCUT2D eigenvalue weighted by Crippen LogP contribution is 2.24. The van der Waals surface area contributed by atoms with E-state index in [1.165, 1.54) is 17.6 Å². The van der Waals surface area contributed by atoms with Gasteiger partial charge in [-0.25, -0.2) is 14.3 Å². The molecule has 3 N–H and O–H groups in total. The van der Waals surface area contributed by atoms with Gasteiger partial charge in [0.15, 0.2) is 5.60 Å². The van der Waals surface area contributed by atoms with Crippen molar-refractivity contribution >= 4 is 17.5 Å². The molecule has 0 bridgehead atoms. The monoisotopic (exact) mass is 469 g/mol. The van der Waals surface area contributed by atoms with Gasteiger partial charge in [0.25, 0.3) is 18.2 Å². The molecule has 0 heterocycles. The molecule has 0 saturated heterocycles. The van der Waals surface area contributed by atoms with Crippen LogP contribution in [0.4, 0.5) is 14.5 Å². The van der Waals surface area contributed by atoms with E-state index in [-0.39, 0.29) is 5.56 Å². The number of methoxy groups -OCH3 is 1. The lowest BCUT2D eigenvalue weighted by Crippen LogP contribution is -2.62. The number of carbonyl (C=O) groups excluding carboxylic acids is 2. The summed E-state index contributed by atoms with van der Waals surface area (Å²) in [6, 6.07) is 11.8. The Morgan fingerprint density at radius 1 is 1.00 bits per heavy atom. The Hall–Kier alpha value is -3.92. The molecule has 0 fully saturated rings. The average molecular weight is 469 g/mol. The molecule has 2 rings (SSSR count). The number of nitrogens with one attached hydrogen (secondary N) is 2. The molecule has 0 aliphatic carbocycles. The Morgan fingerprint density at radius 3 is 1.91 bits per heavy atom. The molecule has 7 nitrogen and oxygen atoms in total. The smallest absolute Gasteiger partial charge is 0.269 e. The van der Waals surface area contributed by atoms with Crippen molar-refractivity contribution in [2.75, 3.05) is 26.1 Å². The zero-order chi connectivity index (χ0) is 25.3. The minimum Gasteiger partial charge on any atom is -0.378 e. The predicted octanol–water partition coefficient (Wildman–Crippen LogP) is 2.43. The van der Waals surface area contributed by atoms with E-state index in [1.54, 1.807) is 12.1 Å². The molecule has 0 aromatic heterocycles. The summed E-state index contributed by atoms with van der Waals surface area (Å²) in [7, 11) is 4.88. The number of hydrogen-bond donors (Lipinski definition) is 3. The number of hydroxylamine groups is 1. The number of halogens is 2. The number of carbonyl (C=O) groups is 2. The average Bonchev–Trinajstić information content (AvgIpc) is 2.84. The van der Waals surface area contributed by atoms with Crippen LogP contribution in [0.3, 0.4) is 0 Å². The van der Waals surface area contributed by atoms with Crippen LogP contribution in [0.5, 0.6) is 0 Å². The molecule has 2 aromatic rings. The molecule has 0 radical (unpaired) electrons. The molecule has 9 heteroatoms. The maximum atomic E-state index is 13.5. The van der Waals surface area contributed by atoms with Crippen molar-refractivity contribution in [3.63, 3.8) is 0 Å². The molecule has 0 saturated carbocycles. The Balaban J connectivity index is 2.11. The molecule has 1 unspecified atom stereocenters. The zero-order valence-corrected chi connectivity index (χ0v) is 19.1. The molecule has 0 spiro atoms. The summed E-state index contributed by atoms with van der Waals surface area (Å²) in [5.41, 5.74) is 1.47. The van der Waals surface area contributed by atoms with Crippen LogP contribution in [0.1, 0.15) is 28.4 Å². The third-order valence-electron chi connectivity index (χ3n) is 5.10. The summed E-state index contributed by atoms with van der Waals surface area (Å²) in [4.78, 5) is 26.4. The van der Waals surface area contributed by atoms with Gasteiger partial charge in [0.1, 0.15) is 6.04 Å². The van der Waals surface area contributed by atoms with Crippen LogP contribution < -0.4 is 15.7 Å². The second-order valence-corrected chi connectivity index (χ2v) is 7.59. The van der Waals surface area contributed by atoms with Gasteiger partial charge in [0.2, 0.25) is 0 Å². The highest BCUT2D eigenvalue weighted by Gasteiger charge is 2.48. The number of ether oxygens (including phenoxy) is 1. The SMILES string of the molecule is COC(C)(C(F)F)[C@H](NC(=O)c1ccc(C#CC#Cc2ccc(N(C)C)cc2)cc1)C(=O)NO. The molecule has 2 amide bonds. The summed E-state index contributed by atoms with van der Waals surface area (Å²) in [6.07, 6.45) is -3.12. The summed E-state index contributed by atoms with van der Waals surface area (Å²) in [5.74, 6) is 9.22. The van der Waals surface area contributed by atoms with Crippen molar-refractivity contribution in [1.29, 1.82) is 0 Å². The third kappa shape index (κ3) is 6.55. The predicted molar refractivity (Wildman–Crippen MR) is 124 cm³/mol. The van der Waals surface area contributed by atoms with E-state index >= 15 is 0 Å². The molecule has 178 valence electrons. The maximum absolute atomic E-state index is 13.5. The van der Waals surface area contributed by atoms with Crippen molar-refractivity contribution in [2.24, 2.45) is 0 Å². The molecule has 2 aromatic carbocycles. The van der Waals surface area contributed by atoms with Gasteiger partial charge in [0, 0.05) is 43.6 Å². The lowest BCUT2D eigenvalue weighted by atomic mass is 9.95. The van der Waals surface area contributed by atoms with Crippen molar-refractivity contribution in [1.82, 2.24) is 10.8 Å². The van der Waals surface area contributed by atoms with Gasteiger partial charge in [-0.15, -0.1) is 0 Å². The molecule has 34 heavy (non-hydrogen) atoms. The quantitative estimate of drug-likeness (QED) is 0.329. The Kier molecular flexibility index (Phi) is 9.14. The fourth-order valence-electron chi connectivity index (χ4n) is 2.84. The number of anilines is 1. The summed E-state index contributed by atoms with van der Waals surface area (Å²) in [6.45, 7) is 0.953. The van der Waals surface area contributed by atoms with Crippen LogP contribution in [-0.2, 0) is 9.53 Å². The fraction of sp³-hybridized carbons (Fsp3) is 0.280. The summed E-state index contributed by atoms with van der Waals surface area (Å²) in [5, 5.41) is 11.1. The molecular weight excluding hydrogens is 444 g/mol. The Bertz CT molecular complexity index is 1130. The fourth-order valence-corrected chi connectivity index (χ4v) is 2.84. The van der Waals surface area contributed by atoms with Gasteiger partial charge < -0.3 is 15.0 Å². The van der Waals surface area contributed by atoms with Crippen LogP contribution in [0.25, 0.3) is 0 Å². The number of nitrogens with zero attached hydrogens (tertiary/aromatic N) is 1. The number of alkyl halides is 2. The van der Waals surface area contributed by atoms with Crippen molar-refractivity contribution in [3.8, 4) is 23.7 Å². The number of amides is 2. The lowest BCUT2D eigenvalue weighted by molar-refractivity contribution is -0.157. The second kappa shape index (κ2) is 11.8. The van der Waals surface area contributed by atoms with Gasteiger partial charge in [-0.3, -0.25) is 14.8 Å². The minimum atomic E-state index is -3.12. The molecular formula is C25H25F2N3O4. The Morgan fingerprint density at radius 2 is 1.50 bits per heavy atom. The van der Waals surface area contributed by atoms with Gasteiger partial charge in [-0.05, 0) is 67.3 Å². The first-order valence-corrected chi connectivity index (χ1v) is 10.1. The van der Waals surface area contributed by atoms with Crippen molar-refractivity contribution in [3.05, 3.63) is 65.2 Å². The number of hydrogen-bond acceptors (Lipinski definition) is 5. The van der Waals surface area contributed by atoms with Crippen LogP contribution >= 0.6 is 0 Å². The molecule has 0 aliphatic heterocycles. The molecule has 0 aliphatic rings. The first kappa shape index (κ1) is 26.3. The topological polar surface area (TPSA) is 90.9 Å². The van der Waals surface area contributed by atoms with E-state index in [0.717, 1.165) is 25.3 Å². The summed E-state index contributed by atoms with van der Waals surface area (Å²) < 4.78 is 31.7. The highest BCUT2D eigenvalue weighted by atomic mass is 19.3. The maximum Gasteiger partial charge on any atom is 0.269 e. The van der Waals surface area contributed by atoms with E-state index in [9.17, 15) is 18.4 Å². The second-order valence-electron chi connectivity index (χ2n) is 7.59. The highest BCUT2D eigenvalue weighted by molar-refractivity contribution is 5.97. The van der Waals surface area contributed by atoms with Crippen LogP contribution in [-0.4, -0.2) is 56.3 Å². The number of rotatable bonds is 7. The van der Waals surface area contributed by atoms with Crippen molar-refractivity contribution in [2.45, 2.75) is 25.0 Å². The normalized spacial score (nSPS) is 12.8. The van der Waals surface area contributed by atoms with Crippen LogP contribution in [0, 0.1) is 23.7 Å². The van der Waals surface area contributed by atoms with E-state index in [0.29, 0.717) is 5.56 Å². The largest absolute Gasteiger partial charge is 0.378 e. The van der Waals surface area contributed by atoms with Crippen LogP contribution in [0.15, 0.2) is 48.5 Å². The standard InChI is InChI=1S/C25H25F2N3O4/c1-25(34-4,24(26)27)21(23(32)29-33)28-22(31)19-13-9-17(10-14-19)7-5-6-8-18-11-15-20(16-12-18)30(2)3/h9-16,21,24,33H,1-4H3,(H,28,31)(H,29,32)/t21-,25?/m1/s1. The van der Waals surface area contributed by atoms with E-state index in [1.807, 2.05) is 43.3 Å². The first-order valence-electron chi connectivity index (χ1n) is 10.1.